The molecular weight excluding hydrogens is 409 g/mol. The fourth-order valence-electron chi connectivity index (χ4n) is 1.82. The fourth-order valence-corrected chi connectivity index (χ4v) is 1.82. The molecule has 132 valence electrons. The van der Waals surface area contributed by atoms with Crippen LogP contribution in [0.3, 0.4) is 0 Å². The van der Waals surface area contributed by atoms with Crippen molar-refractivity contribution in [3.05, 3.63) is 17.3 Å². The van der Waals surface area contributed by atoms with Crippen molar-refractivity contribution in [1.82, 2.24) is 20.9 Å². The third-order valence-electron chi connectivity index (χ3n) is 3.33. The number of hydrogen-bond donors (Lipinski definition) is 3. The fraction of sp³-hybridized carbons (Fsp3) is 0.667. The molecule has 0 unspecified atom stereocenters. The molecule has 0 aliphatic rings. The zero-order valence-corrected chi connectivity index (χ0v) is 17.1. The van der Waals surface area contributed by atoms with Crippen LogP contribution in [0, 0.1) is 19.3 Å². The van der Waals surface area contributed by atoms with E-state index in [0.717, 1.165) is 18.0 Å². The summed E-state index contributed by atoms with van der Waals surface area (Å²) in [7, 11) is 1.64. The van der Waals surface area contributed by atoms with E-state index in [1.165, 1.54) is 0 Å². The summed E-state index contributed by atoms with van der Waals surface area (Å²) in [6, 6.07) is 0. The molecular formula is C15H28IN5O2. The number of hydrogen-bond acceptors (Lipinski definition) is 4. The van der Waals surface area contributed by atoms with Crippen molar-refractivity contribution in [2.24, 2.45) is 10.4 Å². The molecule has 8 heteroatoms. The summed E-state index contributed by atoms with van der Waals surface area (Å²) < 4.78 is 5.51. The maximum atomic E-state index is 11.8. The number of carbonyl (C=O) groups is 1. The summed E-state index contributed by atoms with van der Waals surface area (Å²) in [6.45, 7) is 11.1. The van der Waals surface area contributed by atoms with Crippen molar-refractivity contribution >= 4 is 35.8 Å². The van der Waals surface area contributed by atoms with Gasteiger partial charge in [0.2, 0.25) is 11.8 Å². The molecule has 0 fully saturated rings. The molecule has 0 bridgehead atoms. The lowest BCUT2D eigenvalue weighted by Gasteiger charge is -2.24. The summed E-state index contributed by atoms with van der Waals surface area (Å²) in [5.74, 6) is 2.00. The Bertz CT molecular complexity index is 520. The lowest BCUT2D eigenvalue weighted by atomic mass is 9.92. The second-order valence-corrected chi connectivity index (χ2v) is 5.76. The maximum Gasteiger partial charge on any atom is 0.227 e. The first-order valence-electron chi connectivity index (χ1n) is 7.47. The van der Waals surface area contributed by atoms with Crippen LogP contribution in [0.1, 0.15) is 38.1 Å². The molecule has 0 saturated heterocycles. The number of guanidine groups is 1. The van der Waals surface area contributed by atoms with Crippen LogP contribution in [-0.4, -0.2) is 37.0 Å². The quantitative estimate of drug-likeness (QED) is 0.358. The minimum absolute atomic E-state index is 0. The Kier molecular flexibility index (Phi) is 9.18. The molecule has 0 aliphatic carbocycles. The monoisotopic (exact) mass is 437 g/mol. The number of aryl methyl sites for hydroxylation is 2. The Morgan fingerprint density at radius 3 is 2.43 bits per heavy atom. The number of halogens is 1. The Hall–Kier alpha value is -1.32. The first-order valence-corrected chi connectivity index (χ1v) is 7.47. The average molecular weight is 437 g/mol. The standard InChI is InChI=1S/C15H27N5O2.HI/c1-7-17-14(19-9-15(4,5)13(21)16-6)18-8-12-20-10(2)11(3)22-12;/h7-9H2,1-6H3,(H,16,21)(H2,17,18,19);1H. The van der Waals surface area contributed by atoms with Crippen LogP contribution in [0.15, 0.2) is 9.41 Å². The lowest BCUT2D eigenvalue weighted by Crippen LogP contribution is -2.47. The summed E-state index contributed by atoms with van der Waals surface area (Å²) in [5.41, 5.74) is 0.352. The van der Waals surface area contributed by atoms with Gasteiger partial charge in [0.05, 0.1) is 11.1 Å². The van der Waals surface area contributed by atoms with Crippen LogP contribution < -0.4 is 16.0 Å². The van der Waals surface area contributed by atoms with Gasteiger partial charge in [-0.2, -0.15) is 0 Å². The van der Waals surface area contributed by atoms with E-state index in [2.05, 4.69) is 25.9 Å². The summed E-state index contributed by atoms with van der Waals surface area (Å²) in [4.78, 5) is 20.5. The van der Waals surface area contributed by atoms with Gasteiger partial charge in [-0.15, -0.1) is 24.0 Å². The molecule has 0 aromatic carbocycles. The van der Waals surface area contributed by atoms with Gasteiger partial charge in [-0.25, -0.2) is 9.98 Å². The normalized spacial score (nSPS) is 11.7. The third kappa shape index (κ3) is 6.76. The van der Waals surface area contributed by atoms with E-state index >= 15 is 0 Å². The number of nitrogens with zero attached hydrogens (tertiary/aromatic N) is 2. The van der Waals surface area contributed by atoms with Crippen molar-refractivity contribution in [1.29, 1.82) is 0 Å². The number of nitrogens with one attached hydrogen (secondary N) is 3. The summed E-state index contributed by atoms with van der Waals surface area (Å²) in [6.07, 6.45) is 0. The largest absolute Gasteiger partial charge is 0.444 e. The van der Waals surface area contributed by atoms with Gasteiger partial charge in [0.25, 0.3) is 0 Å². The Labute approximate surface area is 155 Å². The molecule has 1 heterocycles. The highest BCUT2D eigenvalue weighted by molar-refractivity contribution is 14.0. The molecule has 0 spiro atoms. The van der Waals surface area contributed by atoms with E-state index in [4.69, 9.17) is 4.42 Å². The number of rotatable bonds is 6. The molecule has 1 amide bonds. The third-order valence-corrected chi connectivity index (χ3v) is 3.33. The zero-order valence-electron chi connectivity index (χ0n) is 14.7. The Balaban J connectivity index is 0.00000484. The molecule has 1 rings (SSSR count). The minimum atomic E-state index is -0.527. The summed E-state index contributed by atoms with van der Waals surface area (Å²) in [5, 5.41) is 8.98. The predicted octanol–water partition coefficient (Wildman–Crippen LogP) is 1.74. The molecule has 23 heavy (non-hydrogen) atoms. The number of aromatic nitrogens is 1. The molecule has 3 N–H and O–H groups in total. The lowest BCUT2D eigenvalue weighted by molar-refractivity contribution is -0.128. The van der Waals surface area contributed by atoms with Gasteiger partial charge in [0.1, 0.15) is 12.3 Å². The van der Waals surface area contributed by atoms with Gasteiger partial charge in [-0.1, -0.05) is 0 Å². The van der Waals surface area contributed by atoms with Crippen LogP contribution in [0.25, 0.3) is 0 Å². The van der Waals surface area contributed by atoms with Crippen molar-refractivity contribution in [3.63, 3.8) is 0 Å². The molecule has 0 radical (unpaired) electrons. The van der Waals surface area contributed by atoms with E-state index in [1.807, 2.05) is 34.6 Å². The number of oxazole rings is 1. The van der Waals surface area contributed by atoms with Gasteiger partial charge in [-0.05, 0) is 34.6 Å². The zero-order chi connectivity index (χ0) is 16.8. The molecule has 0 atom stereocenters. The minimum Gasteiger partial charge on any atom is -0.444 e. The van der Waals surface area contributed by atoms with Crippen molar-refractivity contribution in [2.75, 3.05) is 20.1 Å². The average Bonchev–Trinajstić information content (AvgIpc) is 2.79. The van der Waals surface area contributed by atoms with Crippen LogP contribution in [-0.2, 0) is 11.3 Å². The van der Waals surface area contributed by atoms with Crippen molar-refractivity contribution in [2.45, 2.75) is 41.2 Å². The van der Waals surface area contributed by atoms with Gasteiger partial charge in [0, 0.05) is 20.1 Å². The molecule has 7 nitrogen and oxygen atoms in total. The summed E-state index contributed by atoms with van der Waals surface area (Å²) >= 11 is 0. The van der Waals surface area contributed by atoms with E-state index in [-0.39, 0.29) is 29.9 Å². The van der Waals surface area contributed by atoms with Gasteiger partial charge >= 0.3 is 0 Å². The van der Waals surface area contributed by atoms with Gasteiger partial charge in [0.15, 0.2) is 5.96 Å². The first kappa shape index (κ1) is 21.7. The van der Waals surface area contributed by atoms with Crippen molar-refractivity contribution < 1.29 is 9.21 Å². The van der Waals surface area contributed by atoms with E-state index in [1.54, 1.807) is 7.05 Å². The molecule has 0 aliphatic heterocycles. The van der Waals surface area contributed by atoms with E-state index in [9.17, 15) is 4.79 Å². The van der Waals surface area contributed by atoms with E-state index < -0.39 is 5.41 Å². The number of carbonyl (C=O) groups excluding carboxylic acids is 1. The second-order valence-electron chi connectivity index (χ2n) is 5.76. The number of amides is 1. The smallest absolute Gasteiger partial charge is 0.227 e. The second kappa shape index (κ2) is 9.74. The Morgan fingerprint density at radius 1 is 1.30 bits per heavy atom. The van der Waals surface area contributed by atoms with Crippen LogP contribution >= 0.6 is 24.0 Å². The first-order chi connectivity index (χ1) is 10.3. The molecule has 1 aromatic rings. The van der Waals surface area contributed by atoms with Crippen LogP contribution in [0.2, 0.25) is 0 Å². The molecule has 0 saturated carbocycles. The van der Waals surface area contributed by atoms with E-state index in [0.29, 0.717) is 24.9 Å². The maximum absolute atomic E-state index is 11.8. The topological polar surface area (TPSA) is 91.6 Å². The van der Waals surface area contributed by atoms with Gasteiger partial charge < -0.3 is 20.4 Å². The van der Waals surface area contributed by atoms with Crippen LogP contribution in [0.5, 0.6) is 0 Å². The predicted molar refractivity (Wildman–Crippen MR) is 102 cm³/mol. The highest BCUT2D eigenvalue weighted by atomic mass is 127. The van der Waals surface area contributed by atoms with Crippen LogP contribution in [0.4, 0.5) is 0 Å². The SMILES string of the molecule is CCNC(=NCc1nc(C)c(C)o1)NCC(C)(C)C(=O)NC.I. The van der Waals surface area contributed by atoms with Gasteiger partial charge in [-0.3, -0.25) is 4.79 Å². The Morgan fingerprint density at radius 2 is 1.96 bits per heavy atom. The highest BCUT2D eigenvalue weighted by Gasteiger charge is 2.26. The molecule has 1 aromatic heterocycles. The number of aliphatic imine (C=N–C) groups is 1. The van der Waals surface area contributed by atoms with Crippen molar-refractivity contribution in [3.8, 4) is 0 Å². The highest BCUT2D eigenvalue weighted by Crippen LogP contribution is 2.13.